The van der Waals surface area contributed by atoms with Gasteiger partial charge in [-0.05, 0) is 42.5 Å². The van der Waals surface area contributed by atoms with Crippen molar-refractivity contribution in [3.05, 3.63) is 60.0 Å². The van der Waals surface area contributed by atoms with Crippen molar-refractivity contribution in [2.75, 3.05) is 36.0 Å². The van der Waals surface area contributed by atoms with E-state index in [-0.39, 0.29) is 5.82 Å². The molecule has 0 radical (unpaired) electrons. The van der Waals surface area contributed by atoms with E-state index in [4.69, 9.17) is 0 Å². The van der Waals surface area contributed by atoms with E-state index in [0.717, 1.165) is 60.3 Å². The zero-order valence-electron chi connectivity index (χ0n) is 14.2. The first-order chi connectivity index (χ1) is 12.2. The summed E-state index contributed by atoms with van der Waals surface area (Å²) in [5.41, 5.74) is 3.99. The molecule has 4 rings (SSSR count). The topological polar surface area (TPSA) is 28.5 Å². The van der Waals surface area contributed by atoms with Crippen LogP contribution in [0.2, 0.25) is 0 Å². The summed E-state index contributed by atoms with van der Waals surface area (Å²) in [6.45, 7) is 3.57. The highest BCUT2D eigenvalue weighted by Crippen LogP contribution is 2.27. The standard InChI is InChI=1S/C20H20FN3O/c1-22-13-15(14-25)19-12-18(6-7-20(19)22)24-10-8-23(9-11-24)17-4-2-16(21)3-5-17/h2-7,12-14H,8-11H2,1H3. The number of carbonyl (C=O) groups is 1. The van der Waals surface area contributed by atoms with Gasteiger partial charge in [-0.3, -0.25) is 4.79 Å². The molecule has 4 nitrogen and oxygen atoms in total. The van der Waals surface area contributed by atoms with Crippen LogP contribution in [-0.4, -0.2) is 37.0 Å². The number of benzene rings is 2. The third-order valence-corrected chi connectivity index (χ3v) is 4.97. The average molecular weight is 337 g/mol. The van der Waals surface area contributed by atoms with E-state index in [2.05, 4.69) is 28.0 Å². The lowest BCUT2D eigenvalue weighted by Crippen LogP contribution is -2.46. The molecule has 0 amide bonds. The lowest BCUT2D eigenvalue weighted by Gasteiger charge is -2.37. The predicted octanol–water partition coefficient (Wildman–Crippen LogP) is 3.46. The van der Waals surface area contributed by atoms with Crippen molar-refractivity contribution < 1.29 is 9.18 Å². The molecular formula is C20H20FN3O. The van der Waals surface area contributed by atoms with Crippen molar-refractivity contribution in [3.63, 3.8) is 0 Å². The van der Waals surface area contributed by atoms with E-state index in [0.29, 0.717) is 0 Å². The van der Waals surface area contributed by atoms with Crippen molar-refractivity contribution in [1.82, 2.24) is 4.57 Å². The number of nitrogens with zero attached hydrogens (tertiary/aromatic N) is 3. The summed E-state index contributed by atoms with van der Waals surface area (Å²) < 4.78 is 15.1. The fourth-order valence-electron chi connectivity index (χ4n) is 3.58. The minimum absolute atomic E-state index is 0.204. The fourth-order valence-corrected chi connectivity index (χ4v) is 3.58. The van der Waals surface area contributed by atoms with Crippen LogP contribution in [0.25, 0.3) is 10.9 Å². The minimum atomic E-state index is -0.204. The molecule has 0 spiro atoms. The van der Waals surface area contributed by atoms with Gasteiger partial charge in [0.05, 0.1) is 0 Å². The Labute approximate surface area is 146 Å². The molecule has 0 atom stereocenters. The summed E-state index contributed by atoms with van der Waals surface area (Å²) in [4.78, 5) is 15.9. The lowest BCUT2D eigenvalue weighted by atomic mass is 10.1. The molecule has 128 valence electrons. The predicted molar refractivity (Wildman–Crippen MR) is 99.1 cm³/mol. The molecule has 2 heterocycles. The van der Waals surface area contributed by atoms with Gasteiger partial charge in [-0.15, -0.1) is 0 Å². The van der Waals surface area contributed by atoms with Crippen LogP contribution in [0.3, 0.4) is 0 Å². The summed E-state index contributed by atoms with van der Waals surface area (Å²) in [6.07, 6.45) is 2.78. The van der Waals surface area contributed by atoms with Gasteiger partial charge in [0.25, 0.3) is 0 Å². The Kier molecular flexibility index (Phi) is 3.92. The first-order valence-electron chi connectivity index (χ1n) is 8.45. The number of fused-ring (bicyclic) bond motifs is 1. The van der Waals surface area contributed by atoms with Gasteiger partial charge in [-0.1, -0.05) is 0 Å². The van der Waals surface area contributed by atoms with Crippen LogP contribution in [0.1, 0.15) is 10.4 Å². The Bertz CT molecular complexity index is 909. The molecule has 1 fully saturated rings. The van der Waals surface area contributed by atoms with Gasteiger partial charge in [-0.2, -0.15) is 0 Å². The largest absolute Gasteiger partial charge is 0.368 e. The smallest absolute Gasteiger partial charge is 0.152 e. The number of aromatic nitrogens is 1. The molecule has 0 aliphatic carbocycles. The Morgan fingerprint density at radius 1 is 0.920 bits per heavy atom. The molecule has 0 saturated carbocycles. The normalized spacial score (nSPS) is 15.0. The second kappa shape index (κ2) is 6.24. The minimum Gasteiger partial charge on any atom is -0.368 e. The molecule has 5 heteroatoms. The number of anilines is 2. The number of hydrogen-bond donors (Lipinski definition) is 0. The second-order valence-electron chi connectivity index (χ2n) is 6.47. The van der Waals surface area contributed by atoms with E-state index in [9.17, 15) is 9.18 Å². The molecule has 3 aromatic rings. The summed E-state index contributed by atoms with van der Waals surface area (Å²) in [5.74, 6) is -0.204. The zero-order valence-corrected chi connectivity index (χ0v) is 14.2. The van der Waals surface area contributed by atoms with Crippen LogP contribution in [0.15, 0.2) is 48.7 Å². The summed E-state index contributed by atoms with van der Waals surface area (Å²) in [7, 11) is 1.95. The average Bonchev–Trinajstić information content (AvgIpc) is 2.98. The molecule has 2 aromatic carbocycles. The molecule has 25 heavy (non-hydrogen) atoms. The first-order valence-corrected chi connectivity index (χ1v) is 8.45. The highest BCUT2D eigenvalue weighted by atomic mass is 19.1. The van der Waals surface area contributed by atoms with Gasteiger partial charge >= 0.3 is 0 Å². The third kappa shape index (κ3) is 2.86. The highest BCUT2D eigenvalue weighted by Gasteiger charge is 2.18. The molecule has 1 aliphatic heterocycles. The van der Waals surface area contributed by atoms with Crippen molar-refractivity contribution >= 4 is 28.6 Å². The Morgan fingerprint density at radius 2 is 1.52 bits per heavy atom. The van der Waals surface area contributed by atoms with E-state index in [1.54, 1.807) is 0 Å². The van der Waals surface area contributed by atoms with Gasteiger partial charge in [0.1, 0.15) is 5.82 Å². The molecule has 0 N–H and O–H groups in total. The van der Waals surface area contributed by atoms with Gasteiger partial charge in [0.2, 0.25) is 0 Å². The maximum atomic E-state index is 13.1. The number of aldehydes is 1. The van der Waals surface area contributed by atoms with E-state index in [1.165, 1.54) is 12.1 Å². The first kappa shape index (κ1) is 15.7. The van der Waals surface area contributed by atoms with E-state index in [1.807, 2.05) is 29.9 Å². The molecule has 1 aromatic heterocycles. The number of hydrogen-bond acceptors (Lipinski definition) is 3. The van der Waals surface area contributed by atoms with Crippen LogP contribution >= 0.6 is 0 Å². The van der Waals surface area contributed by atoms with Crippen LogP contribution in [-0.2, 0) is 7.05 Å². The van der Waals surface area contributed by atoms with Crippen LogP contribution in [0.4, 0.5) is 15.8 Å². The monoisotopic (exact) mass is 337 g/mol. The van der Waals surface area contributed by atoms with Crippen LogP contribution < -0.4 is 9.80 Å². The SMILES string of the molecule is Cn1cc(C=O)c2cc(N3CCN(c4ccc(F)cc4)CC3)ccc21. The lowest BCUT2D eigenvalue weighted by molar-refractivity contribution is 0.112. The van der Waals surface area contributed by atoms with Crippen molar-refractivity contribution in [2.24, 2.45) is 7.05 Å². The Hall–Kier alpha value is -2.82. The van der Waals surface area contributed by atoms with Gasteiger partial charge in [0.15, 0.2) is 6.29 Å². The van der Waals surface area contributed by atoms with Gasteiger partial charge in [-0.25, -0.2) is 4.39 Å². The number of carbonyl (C=O) groups excluding carboxylic acids is 1. The Morgan fingerprint density at radius 3 is 2.16 bits per heavy atom. The van der Waals surface area contributed by atoms with Crippen molar-refractivity contribution in [3.8, 4) is 0 Å². The molecule has 0 unspecified atom stereocenters. The summed E-state index contributed by atoms with van der Waals surface area (Å²) in [6, 6.07) is 13.0. The second-order valence-corrected chi connectivity index (χ2v) is 6.47. The Balaban J connectivity index is 1.53. The van der Waals surface area contributed by atoms with Crippen LogP contribution in [0.5, 0.6) is 0 Å². The number of aryl methyl sites for hydroxylation is 1. The number of piperazine rings is 1. The maximum absolute atomic E-state index is 13.1. The zero-order chi connectivity index (χ0) is 17.4. The maximum Gasteiger partial charge on any atom is 0.152 e. The summed E-state index contributed by atoms with van der Waals surface area (Å²) >= 11 is 0. The van der Waals surface area contributed by atoms with Crippen molar-refractivity contribution in [1.29, 1.82) is 0 Å². The molecular weight excluding hydrogens is 317 g/mol. The summed E-state index contributed by atoms with van der Waals surface area (Å²) in [5, 5.41) is 0.996. The fraction of sp³-hybridized carbons (Fsp3) is 0.250. The molecule has 1 aliphatic rings. The number of rotatable bonds is 3. The quantitative estimate of drug-likeness (QED) is 0.685. The van der Waals surface area contributed by atoms with Crippen molar-refractivity contribution in [2.45, 2.75) is 0 Å². The van der Waals surface area contributed by atoms with E-state index >= 15 is 0 Å². The van der Waals surface area contributed by atoms with Gasteiger partial charge < -0.3 is 14.4 Å². The van der Waals surface area contributed by atoms with Gasteiger partial charge in [0, 0.05) is 67.3 Å². The van der Waals surface area contributed by atoms with Crippen LogP contribution in [0, 0.1) is 5.82 Å². The third-order valence-electron chi connectivity index (χ3n) is 4.97. The number of halogens is 1. The molecule has 0 bridgehead atoms. The molecule has 1 saturated heterocycles. The van der Waals surface area contributed by atoms with E-state index < -0.39 is 0 Å². The highest BCUT2D eigenvalue weighted by molar-refractivity contribution is 5.99.